The second-order valence-electron chi connectivity index (χ2n) is 6.60. The Morgan fingerprint density at radius 3 is 2.29 bits per heavy atom. The molecule has 0 aromatic carbocycles. The summed E-state index contributed by atoms with van der Waals surface area (Å²) in [4.78, 5) is 25.3. The van der Waals surface area contributed by atoms with Gasteiger partial charge in [0.15, 0.2) is 0 Å². The molecule has 2 atom stereocenters. The highest BCUT2D eigenvalue weighted by Gasteiger charge is 2.29. The van der Waals surface area contributed by atoms with Gasteiger partial charge in [-0.3, -0.25) is 4.79 Å². The Morgan fingerprint density at radius 2 is 1.67 bits per heavy atom. The monoisotopic (exact) mass is 296 g/mol. The van der Waals surface area contributed by atoms with Crippen molar-refractivity contribution in [1.82, 2.24) is 10.2 Å². The Labute approximate surface area is 127 Å². The van der Waals surface area contributed by atoms with Crippen molar-refractivity contribution in [2.24, 2.45) is 5.92 Å². The van der Waals surface area contributed by atoms with Gasteiger partial charge in [-0.25, -0.2) is 4.79 Å². The Bertz CT molecular complexity index is 365. The van der Waals surface area contributed by atoms with E-state index in [2.05, 4.69) is 5.32 Å². The number of carboxylic acid groups (broad SMARTS) is 1. The molecule has 2 amide bonds. The molecular formula is C16H28N2O3. The number of urea groups is 1. The second kappa shape index (κ2) is 7.66. The third-order valence-corrected chi connectivity index (χ3v) is 5.04. The molecule has 5 nitrogen and oxygen atoms in total. The molecule has 0 spiro atoms. The van der Waals surface area contributed by atoms with Gasteiger partial charge in [0.25, 0.3) is 0 Å². The third-order valence-electron chi connectivity index (χ3n) is 5.04. The summed E-state index contributed by atoms with van der Waals surface area (Å²) in [7, 11) is 1.88. The topological polar surface area (TPSA) is 69.6 Å². The van der Waals surface area contributed by atoms with E-state index >= 15 is 0 Å². The summed E-state index contributed by atoms with van der Waals surface area (Å²) in [5.41, 5.74) is 0. The number of rotatable bonds is 3. The molecular weight excluding hydrogens is 268 g/mol. The van der Waals surface area contributed by atoms with Crippen LogP contribution in [0.4, 0.5) is 4.79 Å². The molecule has 0 saturated heterocycles. The average Bonchev–Trinajstić information content (AvgIpc) is 2.75. The number of carbonyl (C=O) groups is 2. The smallest absolute Gasteiger partial charge is 0.317 e. The van der Waals surface area contributed by atoms with E-state index in [-0.39, 0.29) is 18.0 Å². The molecule has 2 unspecified atom stereocenters. The van der Waals surface area contributed by atoms with Crippen LogP contribution in [0.15, 0.2) is 0 Å². The van der Waals surface area contributed by atoms with Gasteiger partial charge in [0, 0.05) is 19.1 Å². The Morgan fingerprint density at radius 1 is 1.00 bits per heavy atom. The summed E-state index contributed by atoms with van der Waals surface area (Å²) in [5.74, 6) is -1.03. The number of carbonyl (C=O) groups excluding carboxylic acids is 1. The van der Waals surface area contributed by atoms with Crippen LogP contribution in [0.5, 0.6) is 0 Å². The summed E-state index contributed by atoms with van der Waals surface area (Å²) in [6, 6.07) is 0.324. The van der Waals surface area contributed by atoms with Gasteiger partial charge < -0.3 is 15.3 Å². The predicted molar refractivity (Wildman–Crippen MR) is 81.2 cm³/mol. The van der Waals surface area contributed by atoms with E-state index in [0.717, 1.165) is 32.1 Å². The minimum absolute atomic E-state index is 0.0144. The van der Waals surface area contributed by atoms with Crippen LogP contribution in [0.2, 0.25) is 0 Å². The predicted octanol–water partition coefficient (Wildman–Crippen LogP) is 2.99. The van der Waals surface area contributed by atoms with Gasteiger partial charge in [-0.15, -0.1) is 0 Å². The zero-order valence-corrected chi connectivity index (χ0v) is 13.0. The molecule has 0 aromatic heterocycles. The summed E-state index contributed by atoms with van der Waals surface area (Å²) >= 11 is 0. The lowest BCUT2D eigenvalue weighted by atomic mass is 9.86. The van der Waals surface area contributed by atoms with Gasteiger partial charge in [0.2, 0.25) is 0 Å². The largest absolute Gasteiger partial charge is 0.481 e. The fourth-order valence-electron chi connectivity index (χ4n) is 3.63. The van der Waals surface area contributed by atoms with Gasteiger partial charge >= 0.3 is 12.0 Å². The molecule has 2 fully saturated rings. The van der Waals surface area contributed by atoms with Crippen LogP contribution in [0.3, 0.4) is 0 Å². The van der Waals surface area contributed by atoms with Crippen molar-refractivity contribution in [3.63, 3.8) is 0 Å². The maximum Gasteiger partial charge on any atom is 0.317 e. The molecule has 2 aliphatic carbocycles. The molecule has 2 saturated carbocycles. The first-order valence-electron chi connectivity index (χ1n) is 8.34. The van der Waals surface area contributed by atoms with E-state index in [0.29, 0.717) is 12.5 Å². The van der Waals surface area contributed by atoms with Gasteiger partial charge in [0.05, 0.1) is 5.92 Å². The molecule has 5 heteroatoms. The van der Waals surface area contributed by atoms with E-state index in [1.165, 1.54) is 25.7 Å². The van der Waals surface area contributed by atoms with Crippen LogP contribution in [0.25, 0.3) is 0 Å². The van der Waals surface area contributed by atoms with Gasteiger partial charge in [0.1, 0.15) is 0 Å². The number of nitrogens with zero attached hydrogens (tertiary/aromatic N) is 1. The third kappa shape index (κ3) is 4.61. The lowest BCUT2D eigenvalue weighted by Crippen LogP contribution is -2.48. The normalized spacial score (nSPS) is 27.7. The van der Waals surface area contributed by atoms with Crippen molar-refractivity contribution in [2.75, 3.05) is 7.05 Å². The number of nitrogens with one attached hydrogen (secondary N) is 1. The second-order valence-corrected chi connectivity index (χ2v) is 6.60. The SMILES string of the molecule is CN(C(=O)NC1CCCC(C(=O)O)C1)C1CCCCCC1. The molecule has 2 aliphatic rings. The number of carboxylic acids is 1. The number of hydrogen-bond donors (Lipinski definition) is 2. The van der Waals surface area contributed by atoms with Crippen molar-refractivity contribution in [2.45, 2.75) is 76.3 Å². The van der Waals surface area contributed by atoms with Crippen LogP contribution in [-0.4, -0.2) is 41.1 Å². The lowest BCUT2D eigenvalue weighted by molar-refractivity contribution is -0.143. The summed E-state index contributed by atoms with van der Waals surface area (Å²) in [6.07, 6.45) is 10.2. The van der Waals surface area contributed by atoms with Crippen molar-refractivity contribution < 1.29 is 14.7 Å². The summed E-state index contributed by atoms with van der Waals surface area (Å²) < 4.78 is 0. The van der Waals surface area contributed by atoms with Crippen molar-refractivity contribution in [3.05, 3.63) is 0 Å². The van der Waals surface area contributed by atoms with Crippen molar-refractivity contribution in [3.8, 4) is 0 Å². The van der Waals surface area contributed by atoms with Gasteiger partial charge in [-0.2, -0.15) is 0 Å². The number of amides is 2. The van der Waals surface area contributed by atoms with E-state index in [1.807, 2.05) is 11.9 Å². The Hall–Kier alpha value is -1.26. The Balaban J connectivity index is 1.83. The average molecular weight is 296 g/mol. The summed E-state index contributed by atoms with van der Waals surface area (Å²) in [5, 5.41) is 12.2. The standard InChI is InChI=1S/C16H28N2O3/c1-18(14-9-4-2-3-5-10-14)16(21)17-13-8-6-7-12(11-13)15(19)20/h12-14H,2-11H2,1H3,(H,17,21)(H,19,20). The maximum absolute atomic E-state index is 12.4. The first-order chi connectivity index (χ1) is 10.1. The number of aliphatic carboxylic acids is 1. The first kappa shape index (κ1) is 16.1. The molecule has 0 aliphatic heterocycles. The molecule has 21 heavy (non-hydrogen) atoms. The molecule has 2 N–H and O–H groups in total. The van der Waals surface area contributed by atoms with Crippen LogP contribution in [0, 0.1) is 5.92 Å². The van der Waals surface area contributed by atoms with E-state index in [1.54, 1.807) is 0 Å². The fraction of sp³-hybridized carbons (Fsp3) is 0.875. The molecule has 2 rings (SSSR count). The van der Waals surface area contributed by atoms with Crippen LogP contribution in [0.1, 0.15) is 64.2 Å². The van der Waals surface area contributed by atoms with E-state index in [4.69, 9.17) is 5.11 Å². The van der Waals surface area contributed by atoms with Crippen LogP contribution >= 0.6 is 0 Å². The highest BCUT2D eigenvalue weighted by atomic mass is 16.4. The zero-order valence-electron chi connectivity index (χ0n) is 13.0. The molecule has 0 radical (unpaired) electrons. The highest BCUT2D eigenvalue weighted by Crippen LogP contribution is 2.25. The minimum atomic E-state index is -0.730. The lowest BCUT2D eigenvalue weighted by Gasteiger charge is -2.32. The van der Waals surface area contributed by atoms with E-state index < -0.39 is 5.97 Å². The van der Waals surface area contributed by atoms with Crippen LogP contribution in [-0.2, 0) is 4.79 Å². The molecule has 120 valence electrons. The minimum Gasteiger partial charge on any atom is -0.481 e. The highest BCUT2D eigenvalue weighted by molar-refractivity contribution is 5.75. The van der Waals surface area contributed by atoms with E-state index in [9.17, 15) is 9.59 Å². The quantitative estimate of drug-likeness (QED) is 0.787. The molecule has 0 heterocycles. The zero-order chi connectivity index (χ0) is 15.2. The maximum atomic E-state index is 12.4. The molecule has 0 aromatic rings. The van der Waals surface area contributed by atoms with Crippen molar-refractivity contribution in [1.29, 1.82) is 0 Å². The first-order valence-corrected chi connectivity index (χ1v) is 8.34. The molecule has 0 bridgehead atoms. The van der Waals surface area contributed by atoms with Gasteiger partial charge in [-0.1, -0.05) is 32.1 Å². The Kier molecular flexibility index (Phi) is 5.88. The van der Waals surface area contributed by atoms with Gasteiger partial charge in [-0.05, 0) is 32.1 Å². The fourth-order valence-corrected chi connectivity index (χ4v) is 3.63. The van der Waals surface area contributed by atoms with Crippen molar-refractivity contribution >= 4 is 12.0 Å². The summed E-state index contributed by atoms with van der Waals surface area (Å²) in [6.45, 7) is 0. The number of hydrogen-bond acceptors (Lipinski definition) is 2. The van der Waals surface area contributed by atoms with Crippen LogP contribution < -0.4 is 5.32 Å².